The van der Waals surface area contributed by atoms with Crippen molar-refractivity contribution in [3.8, 4) is 34.3 Å². The van der Waals surface area contributed by atoms with Crippen LogP contribution >= 0.6 is 0 Å². The van der Waals surface area contributed by atoms with Crippen molar-refractivity contribution in [2.75, 3.05) is 6.61 Å². The van der Waals surface area contributed by atoms with Crippen LogP contribution in [0.15, 0.2) is 39.5 Å². The zero-order valence-electron chi connectivity index (χ0n) is 15.3. The highest BCUT2D eigenvalue weighted by molar-refractivity contribution is 5.87. The lowest BCUT2D eigenvalue weighted by molar-refractivity contribution is -0.189. The lowest BCUT2D eigenvalue weighted by Crippen LogP contribution is -2.49. The third kappa shape index (κ3) is 3.12. The third-order valence-electron chi connectivity index (χ3n) is 5.05. The van der Waals surface area contributed by atoms with Crippen molar-refractivity contribution in [1.29, 1.82) is 0 Å². The summed E-state index contributed by atoms with van der Waals surface area (Å²) in [5.74, 6) is -2.54. The Morgan fingerprint density at radius 3 is 2.20 bits per heavy atom. The molecule has 1 aliphatic heterocycles. The topological polar surface area (TPSA) is 181 Å². The van der Waals surface area contributed by atoms with Crippen molar-refractivity contribution in [1.82, 2.24) is 0 Å². The van der Waals surface area contributed by atoms with E-state index in [1.54, 1.807) is 0 Å². The number of ether oxygens (including phenoxy) is 1. The summed E-state index contributed by atoms with van der Waals surface area (Å²) >= 11 is 0. The second-order valence-corrected chi connectivity index (χ2v) is 7.02. The summed E-state index contributed by atoms with van der Waals surface area (Å²) in [4.78, 5) is 12.7. The Morgan fingerprint density at radius 1 is 0.867 bits per heavy atom. The molecule has 0 amide bonds. The highest BCUT2D eigenvalue weighted by Crippen LogP contribution is 2.41. The SMILES string of the molecule is O=c1cc(-c2cc(O)c(O)c(O)c2)oc2c([C@H]3OC[C@H](O)[C@H](O)[C@H]3O)ccc(O)c12. The molecule has 0 unspecified atom stereocenters. The molecule has 0 saturated carbocycles. The van der Waals surface area contributed by atoms with Crippen LogP contribution in [0.5, 0.6) is 23.0 Å². The number of aliphatic hydroxyl groups excluding tert-OH is 3. The van der Waals surface area contributed by atoms with Crippen LogP contribution in [0.2, 0.25) is 0 Å². The van der Waals surface area contributed by atoms with Crippen LogP contribution in [0.25, 0.3) is 22.3 Å². The fourth-order valence-electron chi connectivity index (χ4n) is 3.46. The first-order valence-corrected chi connectivity index (χ1v) is 8.90. The van der Waals surface area contributed by atoms with E-state index in [2.05, 4.69) is 0 Å². The maximum absolute atomic E-state index is 12.7. The summed E-state index contributed by atoms with van der Waals surface area (Å²) < 4.78 is 11.2. The molecule has 4 rings (SSSR count). The predicted molar refractivity (Wildman–Crippen MR) is 101 cm³/mol. The molecule has 0 radical (unpaired) electrons. The molecule has 1 aliphatic rings. The van der Waals surface area contributed by atoms with Crippen LogP contribution in [0.3, 0.4) is 0 Å². The average molecular weight is 418 g/mol. The van der Waals surface area contributed by atoms with Gasteiger partial charge in [0, 0.05) is 17.2 Å². The zero-order chi connectivity index (χ0) is 21.7. The van der Waals surface area contributed by atoms with Crippen LogP contribution in [-0.2, 0) is 4.74 Å². The van der Waals surface area contributed by atoms with Gasteiger partial charge < -0.3 is 44.9 Å². The van der Waals surface area contributed by atoms with Crippen LogP contribution in [-0.4, -0.2) is 60.7 Å². The average Bonchev–Trinajstić information content (AvgIpc) is 2.70. The molecule has 4 atom stereocenters. The number of benzene rings is 2. The third-order valence-corrected chi connectivity index (χ3v) is 5.05. The highest BCUT2D eigenvalue weighted by atomic mass is 16.5. The number of phenols is 4. The molecule has 30 heavy (non-hydrogen) atoms. The molecule has 1 aromatic heterocycles. The molecule has 10 heteroatoms. The van der Waals surface area contributed by atoms with E-state index in [0.717, 1.165) is 18.2 Å². The molecule has 1 saturated heterocycles. The Bertz CT molecular complexity index is 1160. The quantitative estimate of drug-likeness (QED) is 0.288. The van der Waals surface area contributed by atoms with Gasteiger partial charge in [0.1, 0.15) is 46.9 Å². The first-order chi connectivity index (χ1) is 14.2. The first kappa shape index (κ1) is 20.0. The van der Waals surface area contributed by atoms with Gasteiger partial charge in [-0.05, 0) is 24.3 Å². The van der Waals surface area contributed by atoms with E-state index in [-0.39, 0.29) is 34.5 Å². The summed E-state index contributed by atoms with van der Waals surface area (Å²) in [6, 6.07) is 5.70. The molecule has 7 N–H and O–H groups in total. The smallest absolute Gasteiger partial charge is 0.200 e. The number of aromatic hydroxyl groups is 4. The maximum Gasteiger partial charge on any atom is 0.200 e. The van der Waals surface area contributed by atoms with Gasteiger partial charge in [-0.3, -0.25) is 4.79 Å². The van der Waals surface area contributed by atoms with E-state index in [1.165, 1.54) is 12.1 Å². The van der Waals surface area contributed by atoms with Gasteiger partial charge >= 0.3 is 0 Å². The number of fused-ring (bicyclic) bond motifs is 1. The number of rotatable bonds is 2. The zero-order valence-corrected chi connectivity index (χ0v) is 15.3. The van der Waals surface area contributed by atoms with Gasteiger partial charge in [-0.2, -0.15) is 0 Å². The van der Waals surface area contributed by atoms with Crippen molar-refractivity contribution < 1.29 is 44.9 Å². The molecule has 2 heterocycles. The van der Waals surface area contributed by atoms with Gasteiger partial charge in [-0.1, -0.05) is 0 Å². The Labute approximate surface area is 168 Å². The van der Waals surface area contributed by atoms with Crippen molar-refractivity contribution in [3.63, 3.8) is 0 Å². The van der Waals surface area contributed by atoms with E-state index in [4.69, 9.17) is 9.15 Å². The highest BCUT2D eigenvalue weighted by Gasteiger charge is 2.39. The van der Waals surface area contributed by atoms with Crippen molar-refractivity contribution in [2.24, 2.45) is 0 Å². The Morgan fingerprint density at radius 2 is 1.53 bits per heavy atom. The summed E-state index contributed by atoms with van der Waals surface area (Å²) in [5, 5.41) is 68.9. The number of hydrogen-bond donors (Lipinski definition) is 7. The van der Waals surface area contributed by atoms with Gasteiger partial charge in [0.05, 0.1) is 6.61 Å². The molecule has 2 aromatic carbocycles. The Kier molecular flexibility index (Phi) is 4.79. The van der Waals surface area contributed by atoms with Crippen LogP contribution < -0.4 is 5.43 Å². The standard InChI is InChI=1S/C20H18O10/c21-9-2-1-8(20-18(28)17(27)13(25)6-29-20)19-15(9)10(22)5-14(30-19)7-3-11(23)16(26)12(24)4-7/h1-5,13,17-18,20-21,23-28H,6H2/t13-,17-,18+,20+/m0/s1. The molecule has 0 aliphatic carbocycles. The number of phenolic OH excluding ortho intramolecular Hbond substituents is 4. The van der Waals surface area contributed by atoms with E-state index in [1.807, 2.05) is 0 Å². The Hall–Kier alpha value is -3.31. The lowest BCUT2D eigenvalue weighted by atomic mass is 9.93. The summed E-state index contributed by atoms with van der Waals surface area (Å²) in [5.41, 5.74) is -0.634. The van der Waals surface area contributed by atoms with Gasteiger partial charge in [0.2, 0.25) is 0 Å². The minimum Gasteiger partial charge on any atom is -0.507 e. The fraction of sp³-hybridized carbons (Fsp3) is 0.250. The molecule has 0 spiro atoms. The molecule has 0 bridgehead atoms. The number of aliphatic hydroxyl groups is 3. The van der Waals surface area contributed by atoms with E-state index >= 15 is 0 Å². The molecule has 158 valence electrons. The summed E-state index contributed by atoms with van der Waals surface area (Å²) in [6.45, 7) is -0.283. The number of hydrogen-bond acceptors (Lipinski definition) is 10. The second kappa shape index (κ2) is 7.18. The van der Waals surface area contributed by atoms with Crippen molar-refractivity contribution in [2.45, 2.75) is 24.4 Å². The minimum atomic E-state index is -1.54. The van der Waals surface area contributed by atoms with Crippen LogP contribution in [0.4, 0.5) is 0 Å². The second-order valence-electron chi connectivity index (χ2n) is 7.02. The van der Waals surface area contributed by atoms with E-state index in [9.17, 15) is 40.5 Å². The van der Waals surface area contributed by atoms with E-state index in [0.29, 0.717) is 0 Å². The van der Waals surface area contributed by atoms with Gasteiger partial charge in [-0.25, -0.2) is 0 Å². The first-order valence-electron chi connectivity index (χ1n) is 8.90. The van der Waals surface area contributed by atoms with Gasteiger partial charge in [0.25, 0.3) is 0 Å². The van der Waals surface area contributed by atoms with Crippen molar-refractivity contribution >= 4 is 11.0 Å². The molecular weight excluding hydrogens is 400 g/mol. The van der Waals surface area contributed by atoms with E-state index < -0.39 is 52.8 Å². The monoisotopic (exact) mass is 418 g/mol. The van der Waals surface area contributed by atoms with Crippen LogP contribution in [0, 0.1) is 0 Å². The van der Waals surface area contributed by atoms with Gasteiger partial charge in [0.15, 0.2) is 22.7 Å². The van der Waals surface area contributed by atoms with Crippen molar-refractivity contribution in [3.05, 3.63) is 46.1 Å². The molecule has 10 nitrogen and oxygen atoms in total. The van der Waals surface area contributed by atoms with Gasteiger partial charge in [-0.15, -0.1) is 0 Å². The fourth-order valence-corrected chi connectivity index (χ4v) is 3.46. The molecular formula is C20H18O10. The largest absolute Gasteiger partial charge is 0.507 e. The molecule has 3 aromatic rings. The van der Waals surface area contributed by atoms with Crippen LogP contribution in [0.1, 0.15) is 11.7 Å². The Balaban J connectivity index is 1.94. The lowest BCUT2D eigenvalue weighted by Gasteiger charge is -2.35. The normalized spacial score (nSPS) is 24.2. The maximum atomic E-state index is 12.7. The summed E-state index contributed by atoms with van der Waals surface area (Å²) in [7, 11) is 0. The minimum absolute atomic E-state index is 0.0525. The molecule has 1 fully saturated rings. The predicted octanol–water partition coefficient (Wildman–Crippen LogP) is 0.436. The summed E-state index contributed by atoms with van der Waals surface area (Å²) in [6.07, 6.45) is -5.53.